The Hall–Kier alpha value is -2.63. The molecule has 0 spiro atoms. The average molecular weight is 1160 g/mol. The first-order valence-electron chi connectivity index (χ1n) is 37.1. The van der Waals surface area contributed by atoms with Crippen molar-refractivity contribution in [2.24, 2.45) is 0 Å². The Bertz CT molecular complexity index is 1430. The Kier molecular flexibility index (Phi) is 69.6. The predicted molar refractivity (Wildman–Crippen MR) is 362 cm³/mol. The van der Waals surface area contributed by atoms with Crippen molar-refractivity contribution in [2.75, 3.05) is 13.2 Å². The minimum Gasteiger partial charge on any atom is -0.462 e. The topological polar surface area (TPSA) is 78.9 Å². The molecule has 0 saturated heterocycles. The van der Waals surface area contributed by atoms with E-state index >= 15 is 0 Å². The van der Waals surface area contributed by atoms with Gasteiger partial charge in [0.05, 0.1) is 0 Å². The van der Waals surface area contributed by atoms with Crippen LogP contribution >= 0.6 is 0 Å². The van der Waals surface area contributed by atoms with Gasteiger partial charge >= 0.3 is 17.9 Å². The summed E-state index contributed by atoms with van der Waals surface area (Å²) in [5.41, 5.74) is 0. The number of carbonyl (C=O) groups excluding carboxylic acids is 3. The minimum absolute atomic E-state index is 0.0781. The molecular formula is C77H142O6. The van der Waals surface area contributed by atoms with Crippen LogP contribution in [0.1, 0.15) is 406 Å². The fourth-order valence-electron chi connectivity index (χ4n) is 11.3. The second-order valence-corrected chi connectivity index (χ2v) is 25.2. The Labute approximate surface area is 518 Å². The summed E-state index contributed by atoms with van der Waals surface area (Å²) in [5.74, 6) is -0.875. The molecule has 6 nitrogen and oxygen atoms in total. The Morgan fingerprint density at radius 1 is 0.253 bits per heavy atom. The quantitative estimate of drug-likeness (QED) is 0.0261. The van der Waals surface area contributed by atoms with Gasteiger partial charge in [-0.3, -0.25) is 14.4 Å². The number of hydrogen-bond donors (Lipinski definition) is 0. The van der Waals surface area contributed by atoms with E-state index in [-0.39, 0.29) is 31.1 Å². The molecule has 0 aromatic rings. The zero-order valence-corrected chi connectivity index (χ0v) is 56.0. The molecule has 0 bridgehead atoms. The molecule has 0 saturated carbocycles. The molecule has 0 heterocycles. The Morgan fingerprint density at radius 2 is 0.470 bits per heavy atom. The number of allylic oxidation sites excluding steroid dienone is 8. The standard InChI is InChI=1S/C77H142O6/c1-4-7-10-13-16-19-22-25-28-30-31-32-33-34-35-36-37-38-39-40-41-42-43-44-45-46-48-49-52-55-58-61-64-67-70-76(79)82-73-74(72-81-75(78)69-66-63-60-57-54-51-27-24-21-18-15-12-9-6-3)83-77(80)71-68-65-62-59-56-53-50-47-29-26-23-20-17-14-11-8-5-2/h8,11,17,20,26,29,50,53,74H,4-7,9-10,12-16,18-19,21-25,27-28,30-49,51-52,54-73H2,1-3H3/b11-8-,20-17-,29-26-,53-50-. The molecular weight excluding hydrogens is 1020 g/mol. The van der Waals surface area contributed by atoms with E-state index in [1.54, 1.807) is 0 Å². The first-order chi connectivity index (χ1) is 41.0. The van der Waals surface area contributed by atoms with Crippen molar-refractivity contribution >= 4 is 17.9 Å². The lowest BCUT2D eigenvalue weighted by molar-refractivity contribution is -0.167. The summed E-state index contributed by atoms with van der Waals surface area (Å²) in [6, 6.07) is 0. The maximum Gasteiger partial charge on any atom is 0.306 e. The molecule has 1 unspecified atom stereocenters. The molecule has 0 fully saturated rings. The van der Waals surface area contributed by atoms with Gasteiger partial charge in [0.1, 0.15) is 13.2 Å². The number of carbonyl (C=O) groups is 3. The first-order valence-corrected chi connectivity index (χ1v) is 37.1. The number of unbranched alkanes of at least 4 members (excludes halogenated alkanes) is 50. The largest absolute Gasteiger partial charge is 0.462 e. The lowest BCUT2D eigenvalue weighted by atomic mass is 10.0. The van der Waals surface area contributed by atoms with Crippen LogP contribution < -0.4 is 0 Å². The van der Waals surface area contributed by atoms with Crippen molar-refractivity contribution in [1.29, 1.82) is 0 Å². The predicted octanol–water partition coefficient (Wildman–Crippen LogP) is 25.7. The van der Waals surface area contributed by atoms with E-state index in [9.17, 15) is 14.4 Å². The van der Waals surface area contributed by atoms with E-state index in [4.69, 9.17) is 14.2 Å². The van der Waals surface area contributed by atoms with Gasteiger partial charge in [-0.15, -0.1) is 0 Å². The Balaban J connectivity index is 4.11. The van der Waals surface area contributed by atoms with Crippen molar-refractivity contribution < 1.29 is 28.6 Å². The highest BCUT2D eigenvalue weighted by molar-refractivity contribution is 5.71. The van der Waals surface area contributed by atoms with Crippen LogP contribution in [0.4, 0.5) is 0 Å². The fourth-order valence-corrected chi connectivity index (χ4v) is 11.3. The molecule has 1 atom stereocenters. The van der Waals surface area contributed by atoms with Crippen molar-refractivity contribution in [3.05, 3.63) is 48.6 Å². The maximum atomic E-state index is 12.9. The highest BCUT2D eigenvalue weighted by Crippen LogP contribution is 2.19. The summed E-state index contributed by atoms with van der Waals surface area (Å²) >= 11 is 0. The van der Waals surface area contributed by atoms with Gasteiger partial charge in [-0.25, -0.2) is 0 Å². The number of ether oxygens (including phenoxy) is 3. The van der Waals surface area contributed by atoms with Crippen molar-refractivity contribution in [3.63, 3.8) is 0 Å². The molecule has 0 aromatic carbocycles. The zero-order chi connectivity index (χ0) is 59.9. The summed E-state index contributed by atoms with van der Waals surface area (Å²) in [6.45, 7) is 6.58. The van der Waals surface area contributed by atoms with Crippen LogP contribution in [0, 0.1) is 0 Å². The molecule has 0 radical (unpaired) electrons. The van der Waals surface area contributed by atoms with E-state index in [1.165, 1.54) is 270 Å². The fraction of sp³-hybridized carbons (Fsp3) is 0.857. The summed E-state index contributed by atoms with van der Waals surface area (Å²) < 4.78 is 17.0. The van der Waals surface area contributed by atoms with Crippen LogP contribution in [0.3, 0.4) is 0 Å². The van der Waals surface area contributed by atoms with Crippen LogP contribution in [-0.2, 0) is 28.6 Å². The van der Waals surface area contributed by atoms with E-state index in [0.717, 1.165) is 96.3 Å². The van der Waals surface area contributed by atoms with Crippen LogP contribution in [0.5, 0.6) is 0 Å². The van der Waals surface area contributed by atoms with E-state index < -0.39 is 6.10 Å². The third-order valence-electron chi connectivity index (χ3n) is 16.8. The van der Waals surface area contributed by atoms with E-state index in [2.05, 4.69) is 69.4 Å². The summed E-state index contributed by atoms with van der Waals surface area (Å²) in [5, 5.41) is 0. The monoisotopic (exact) mass is 1160 g/mol. The number of esters is 3. The maximum absolute atomic E-state index is 12.9. The van der Waals surface area contributed by atoms with Gasteiger partial charge in [-0.1, -0.05) is 378 Å². The molecule has 0 aromatic heterocycles. The third-order valence-corrected chi connectivity index (χ3v) is 16.8. The van der Waals surface area contributed by atoms with Gasteiger partial charge in [0.25, 0.3) is 0 Å². The summed E-state index contributed by atoms with van der Waals surface area (Å²) in [6.07, 6.45) is 91.8. The molecule has 0 amide bonds. The SMILES string of the molecule is CC/C=C\C/C=C\C/C=C\C/C=C\CCCCCCC(=O)OC(COC(=O)CCCCCCCCCCCCCCCC)COC(=O)CCCCCCCCCCCCCCCCCCCCCCCCCCCCCCCCCCCC. The normalized spacial score (nSPS) is 12.3. The molecule has 0 aliphatic heterocycles. The highest BCUT2D eigenvalue weighted by atomic mass is 16.6. The summed E-state index contributed by atoms with van der Waals surface area (Å²) in [7, 11) is 0. The van der Waals surface area contributed by atoms with Gasteiger partial charge in [0.2, 0.25) is 0 Å². The average Bonchev–Trinajstić information content (AvgIpc) is 3.49. The van der Waals surface area contributed by atoms with Crippen molar-refractivity contribution in [2.45, 2.75) is 412 Å². The van der Waals surface area contributed by atoms with Crippen molar-refractivity contribution in [3.8, 4) is 0 Å². The van der Waals surface area contributed by atoms with E-state index in [0.29, 0.717) is 19.3 Å². The minimum atomic E-state index is -0.784. The smallest absolute Gasteiger partial charge is 0.306 e. The lowest BCUT2D eigenvalue weighted by Crippen LogP contribution is -2.30. The number of rotatable bonds is 69. The van der Waals surface area contributed by atoms with E-state index in [1.807, 2.05) is 0 Å². The molecule has 486 valence electrons. The molecule has 6 heteroatoms. The van der Waals surface area contributed by atoms with Gasteiger partial charge in [-0.05, 0) is 57.8 Å². The lowest BCUT2D eigenvalue weighted by Gasteiger charge is -2.18. The third kappa shape index (κ3) is 70.0. The van der Waals surface area contributed by atoms with Crippen LogP contribution in [0.15, 0.2) is 48.6 Å². The van der Waals surface area contributed by atoms with Crippen LogP contribution in [0.25, 0.3) is 0 Å². The second-order valence-electron chi connectivity index (χ2n) is 25.2. The highest BCUT2D eigenvalue weighted by Gasteiger charge is 2.19. The molecule has 83 heavy (non-hydrogen) atoms. The van der Waals surface area contributed by atoms with Crippen LogP contribution in [0.2, 0.25) is 0 Å². The van der Waals surface area contributed by atoms with Crippen LogP contribution in [-0.4, -0.2) is 37.2 Å². The van der Waals surface area contributed by atoms with Gasteiger partial charge in [-0.2, -0.15) is 0 Å². The second kappa shape index (κ2) is 71.8. The van der Waals surface area contributed by atoms with Gasteiger partial charge < -0.3 is 14.2 Å². The number of hydrogen-bond acceptors (Lipinski definition) is 6. The Morgan fingerprint density at radius 3 is 0.735 bits per heavy atom. The molecule has 0 rings (SSSR count). The molecule has 0 N–H and O–H groups in total. The molecule has 0 aliphatic carbocycles. The first kappa shape index (κ1) is 80.4. The van der Waals surface area contributed by atoms with Gasteiger partial charge in [0.15, 0.2) is 6.10 Å². The van der Waals surface area contributed by atoms with Gasteiger partial charge in [0, 0.05) is 19.3 Å². The zero-order valence-electron chi connectivity index (χ0n) is 56.0. The summed E-state index contributed by atoms with van der Waals surface area (Å²) in [4.78, 5) is 38.4. The molecule has 0 aliphatic rings. The van der Waals surface area contributed by atoms with Crippen molar-refractivity contribution in [1.82, 2.24) is 0 Å².